The Morgan fingerprint density at radius 3 is 2.62 bits per heavy atom. The summed E-state index contributed by atoms with van der Waals surface area (Å²) in [5.74, 6) is 1.09. The Morgan fingerprint density at radius 1 is 1.19 bits per heavy atom. The number of hydrogen-bond acceptors (Lipinski definition) is 1. The summed E-state index contributed by atoms with van der Waals surface area (Å²) in [4.78, 5) is 0. The molecule has 0 heterocycles. The average molecular weight is 216 g/mol. The Morgan fingerprint density at radius 2 is 1.94 bits per heavy atom. The van der Waals surface area contributed by atoms with Gasteiger partial charge in [-0.2, -0.15) is 0 Å². The summed E-state index contributed by atoms with van der Waals surface area (Å²) in [5.41, 5.74) is 2.34. The summed E-state index contributed by atoms with van der Waals surface area (Å²) in [5, 5.41) is 9.71. The van der Waals surface area contributed by atoms with Crippen LogP contribution in [0.15, 0.2) is 24.3 Å². The van der Waals surface area contributed by atoms with Crippen molar-refractivity contribution in [2.24, 2.45) is 0 Å². The normalized spacial score (nSPS) is 18.1. The predicted octanol–water partition coefficient (Wildman–Crippen LogP) is 4.47. The molecule has 1 N–H and O–H groups in total. The fraction of sp³-hybridized carbons (Fsp3) is 0.467. The third kappa shape index (κ3) is 2.46. The van der Waals surface area contributed by atoms with Gasteiger partial charge in [-0.15, -0.1) is 0 Å². The zero-order valence-electron chi connectivity index (χ0n) is 9.95. The molecule has 0 atom stereocenters. The summed E-state index contributed by atoms with van der Waals surface area (Å²) < 4.78 is 0. The van der Waals surface area contributed by atoms with Crippen molar-refractivity contribution >= 4 is 6.08 Å². The molecule has 1 aliphatic carbocycles. The summed E-state index contributed by atoms with van der Waals surface area (Å²) >= 11 is 0. The van der Waals surface area contributed by atoms with Crippen LogP contribution in [0.5, 0.6) is 5.75 Å². The Bertz CT molecular complexity index is 373. The minimum absolute atomic E-state index is 0.387. The van der Waals surface area contributed by atoms with Crippen LogP contribution in [0, 0.1) is 0 Å². The summed E-state index contributed by atoms with van der Waals surface area (Å²) in [6.07, 6.45) is 10.6. The Balaban J connectivity index is 2.23. The first-order valence-corrected chi connectivity index (χ1v) is 6.27. The lowest BCUT2D eigenvalue weighted by Gasteiger charge is -2.22. The van der Waals surface area contributed by atoms with Crippen LogP contribution in [0.1, 0.15) is 56.1 Å². The molecule has 1 nitrogen and oxygen atoms in total. The number of benzene rings is 1. The van der Waals surface area contributed by atoms with E-state index in [4.69, 9.17) is 0 Å². The minimum atomic E-state index is 0.387. The summed E-state index contributed by atoms with van der Waals surface area (Å²) in [6, 6.07) is 6.06. The molecular weight excluding hydrogens is 196 g/mol. The molecule has 0 unspecified atom stereocenters. The van der Waals surface area contributed by atoms with Crippen LogP contribution in [0.3, 0.4) is 0 Å². The van der Waals surface area contributed by atoms with Crippen molar-refractivity contribution in [3.8, 4) is 5.75 Å². The second kappa shape index (κ2) is 5.20. The maximum Gasteiger partial charge on any atom is 0.122 e. The fourth-order valence-corrected chi connectivity index (χ4v) is 2.58. The largest absolute Gasteiger partial charge is 0.507 e. The van der Waals surface area contributed by atoms with Gasteiger partial charge in [0.2, 0.25) is 0 Å². The van der Waals surface area contributed by atoms with E-state index in [1.54, 1.807) is 0 Å². The van der Waals surface area contributed by atoms with Crippen molar-refractivity contribution in [2.45, 2.75) is 44.9 Å². The number of phenols is 1. The Kier molecular flexibility index (Phi) is 3.66. The molecule has 2 rings (SSSR count). The lowest BCUT2D eigenvalue weighted by molar-refractivity contribution is 0.441. The van der Waals surface area contributed by atoms with E-state index in [2.05, 4.69) is 12.1 Å². The predicted molar refractivity (Wildman–Crippen MR) is 68.6 cm³/mol. The molecule has 0 bridgehead atoms. The van der Waals surface area contributed by atoms with Gasteiger partial charge in [0.15, 0.2) is 0 Å². The number of allylic oxidation sites excluding steroid dienone is 1. The third-order valence-electron chi connectivity index (χ3n) is 3.47. The van der Waals surface area contributed by atoms with Crippen molar-refractivity contribution in [3.63, 3.8) is 0 Å². The van der Waals surface area contributed by atoms with Crippen molar-refractivity contribution in [3.05, 3.63) is 35.4 Å². The highest BCUT2D eigenvalue weighted by atomic mass is 16.3. The first-order valence-electron chi connectivity index (χ1n) is 6.27. The quantitative estimate of drug-likeness (QED) is 0.773. The molecule has 1 heteroatoms. The van der Waals surface area contributed by atoms with Gasteiger partial charge in [-0.25, -0.2) is 0 Å². The van der Waals surface area contributed by atoms with Gasteiger partial charge in [0.25, 0.3) is 0 Å². The topological polar surface area (TPSA) is 20.2 Å². The van der Waals surface area contributed by atoms with Crippen LogP contribution in [-0.4, -0.2) is 5.11 Å². The first kappa shape index (κ1) is 11.3. The van der Waals surface area contributed by atoms with E-state index in [-0.39, 0.29) is 0 Å². The van der Waals surface area contributed by atoms with E-state index >= 15 is 0 Å². The molecule has 1 saturated carbocycles. The molecule has 1 aromatic carbocycles. The van der Waals surface area contributed by atoms with Gasteiger partial charge >= 0.3 is 0 Å². The summed E-state index contributed by atoms with van der Waals surface area (Å²) in [7, 11) is 0. The van der Waals surface area contributed by atoms with E-state index in [9.17, 15) is 5.11 Å². The van der Waals surface area contributed by atoms with Gasteiger partial charge in [0.05, 0.1) is 0 Å². The van der Waals surface area contributed by atoms with Crippen LogP contribution in [0.25, 0.3) is 6.08 Å². The molecule has 1 aliphatic rings. The molecule has 0 saturated heterocycles. The molecule has 0 spiro atoms. The second-order valence-corrected chi connectivity index (χ2v) is 4.65. The zero-order valence-corrected chi connectivity index (χ0v) is 9.95. The van der Waals surface area contributed by atoms with E-state index in [1.807, 2.05) is 25.1 Å². The molecule has 0 aliphatic heterocycles. The van der Waals surface area contributed by atoms with Crippen molar-refractivity contribution in [1.29, 1.82) is 0 Å². The van der Waals surface area contributed by atoms with Crippen molar-refractivity contribution < 1.29 is 5.11 Å². The lowest BCUT2D eigenvalue weighted by Crippen LogP contribution is -2.04. The number of aromatic hydroxyl groups is 1. The van der Waals surface area contributed by atoms with Crippen LogP contribution < -0.4 is 0 Å². The third-order valence-corrected chi connectivity index (χ3v) is 3.47. The maximum atomic E-state index is 9.71. The standard InChI is InChI=1S/C15H20O/c1-2-6-14-11-13(9-10-15(14)16)12-7-4-3-5-8-12/h2,6,9-12,16H,3-5,7-8H2,1H3. The molecule has 0 aromatic heterocycles. The van der Waals surface area contributed by atoms with Gasteiger partial charge in [-0.05, 0) is 43.4 Å². The molecular formula is C15H20O. The molecule has 1 fully saturated rings. The fourth-order valence-electron chi connectivity index (χ4n) is 2.58. The van der Waals surface area contributed by atoms with Gasteiger partial charge in [-0.3, -0.25) is 0 Å². The number of hydrogen-bond donors (Lipinski definition) is 1. The highest BCUT2D eigenvalue weighted by Crippen LogP contribution is 2.34. The van der Waals surface area contributed by atoms with E-state index in [0.717, 1.165) is 5.56 Å². The zero-order chi connectivity index (χ0) is 11.4. The smallest absolute Gasteiger partial charge is 0.122 e. The minimum Gasteiger partial charge on any atom is -0.507 e. The van der Waals surface area contributed by atoms with E-state index < -0.39 is 0 Å². The average Bonchev–Trinajstić information content (AvgIpc) is 2.33. The number of rotatable bonds is 2. The highest BCUT2D eigenvalue weighted by molar-refractivity contribution is 5.58. The SMILES string of the molecule is CC=Cc1cc(C2CCCCC2)ccc1O. The molecule has 1 aromatic rings. The lowest BCUT2D eigenvalue weighted by atomic mass is 9.83. The molecule has 0 radical (unpaired) electrons. The van der Waals surface area contributed by atoms with E-state index in [0.29, 0.717) is 11.7 Å². The van der Waals surface area contributed by atoms with Crippen LogP contribution in [-0.2, 0) is 0 Å². The summed E-state index contributed by atoms with van der Waals surface area (Å²) in [6.45, 7) is 1.98. The maximum absolute atomic E-state index is 9.71. The molecule has 86 valence electrons. The van der Waals surface area contributed by atoms with Gasteiger partial charge in [0, 0.05) is 5.56 Å². The van der Waals surface area contributed by atoms with Crippen LogP contribution >= 0.6 is 0 Å². The molecule has 0 amide bonds. The van der Waals surface area contributed by atoms with Crippen molar-refractivity contribution in [2.75, 3.05) is 0 Å². The van der Waals surface area contributed by atoms with Gasteiger partial charge in [-0.1, -0.05) is 37.5 Å². The van der Waals surface area contributed by atoms with Crippen LogP contribution in [0.2, 0.25) is 0 Å². The van der Waals surface area contributed by atoms with Crippen molar-refractivity contribution in [1.82, 2.24) is 0 Å². The highest BCUT2D eigenvalue weighted by Gasteiger charge is 2.15. The first-order chi connectivity index (χ1) is 7.81. The monoisotopic (exact) mass is 216 g/mol. The number of phenolic OH excluding ortho intramolecular Hbond substituents is 1. The Labute approximate surface area is 97.8 Å². The Hall–Kier alpha value is -1.24. The second-order valence-electron chi connectivity index (χ2n) is 4.65. The van der Waals surface area contributed by atoms with Gasteiger partial charge in [0.1, 0.15) is 5.75 Å². The van der Waals surface area contributed by atoms with E-state index in [1.165, 1.54) is 37.7 Å². The van der Waals surface area contributed by atoms with Gasteiger partial charge < -0.3 is 5.11 Å². The van der Waals surface area contributed by atoms with Crippen LogP contribution in [0.4, 0.5) is 0 Å². The molecule has 16 heavy (non-hydrogen) atoms.